The highest BCUT2D eigenvalue weighted by molar-refractivity contribution is 7.99. The first kappa shape index (κ1) is 23.5. The number of para-hydroxylation sites is 1. The molecule has 3 aromatic rings. The van der Waals surface area contributed by atoms with Crippen LogP contribution in [-0.2, 0) is 4.79 Å². The Hall–Kier alpha value is -3.26. The standard InChI is InChI=1S/C27H29N3O4S/c1-33-23-15-14-20(16-24(23)34-2)30-26(32)21-10-6-7-11-22(21)28-27(30)35-17-25(31)29(19-12-13-19)18-8-4-3-5-9-18/h6-8,10-11,14-16,19H,3-5,9,12-13,17H2,1-2H3. The van der Waals surface area contributed by atoms with Crippen molar-refractivity contribution in [3.63, 3.8) is 0 Å². The first-order valence-electron chi connectivity index (χ1n) is 12.0. The van der Waals surface area contributed by atoms with E-state index in [1.807, 2.05) is 23.1 Å². The molecule has 0 radical (unpaired) electrons. The smallest absolute Gasteiger partial charge is 0.266 e. The lowest BCUT2D eigenvalue weighted by molar-refractivity contribution is -0.127. The molecular formula is C27H29N3O4S. The number of amides is 1. The van der Waals surface area contributed by atoms with Gasteiger partial charge in [0.05, 0.1) is 36.6 Å². The minimum absolute atomic E-state index is 0.0759. The van der Waals surface area contributed by atoms with Crippen LogP contribution in [0.1, 0.15) is 38.5 Å². The average Bonchev–Trinajstić information content (AvgIpc) is 3.73. The normalized spacial score (nSPS) is 15.5. The van der Waals surface area contributed by atoms with Gasteiger partial charge in [-0.1, -0.05) is 30.0 Å². The van der Waals surface area contributed by atoms with Crippen molar-refractivity contribution < 1.29 is 14.3 Å². The van der Waals surface area contributed by atoms with E-state index in [1.165, 1.54) is 18.2 Å². The van der Waals surface area contributed by atoms with Gasteiger partial charge >= 0.3 is 0 Å². The predicted octanol–water partition coefficient (Wildman–Crippen LogP) is 4.94. The number of carbonyl (C=O) groups excluding carboxylic acids is 1. The number of benzene rings is 2. The van der Waals surface area contributed by atoms with E-state index in [0.717, 1.165) is 37.8 Å². The summed E-state index contributed by atoms with van der Waals surface area (Å²) < 4.78 is 12.4. The highest BCUT2D eigenvalue weighted by atomic mass is 32.2. The van der Waals surface area contributed by atoms with E-state index in [2.05, 4.69) is 6.08 Å². The molecule has 1 heterocycles. The number of carbonyl (C=O) groups is 1. The third kappa shape index (κ3) is 4.80. The molecule has 1 aromatic heterocycles. The van der Waals surface area contributed by atoms with E-state index in [1.54, 1.807) is 43.1 Å². The molecule has 5 rings (SSSR count). The number of nitrogens with zero attached hydrogens (tertiary/aromatic N) is 3. The van der Waals surface area contributed by atoms with Gasteiger partial charge in [-0.25, -0.2) is 4.98 Å². The summed E-state index contributed by atoms with van der Waals surface area (Å²) in [4.78, 5) is 33.8. The zero-order valence-electron chi connectivity index (χ0n) is 20.0. The Balaban J connectivity index is 1.51. The second-order valence-corrected chi connectivity index (χ2v) is 9.76. The highest BCUT2D eigenvalue weighted by Crippen LogP contribution is 2.35. The molecule has 0 unspecified atom stereocenters. The number of allylic oxidation sites excluding steroid dienone is 2. The van der Waals surface area contributed by atoms with Crippen molar-refractivity contribution in [2.45, 2.75) is 49.7 Å². The van der Waals surface area contributed by atoms with E-state index in [4.69, 9.17) is 14.5 Å². The molecule has 2 aliphatic rings. The molecule has 8 heteroatoms. The maximum Gasteiger partial charge on any atom is 0.266 e. The molecule has 0 aliphatic heterocycles. The van der Waals surface area contributed by atoms with Gasteiger partial charge in [-0.2, -0.15) is 0 Å². The second kappa shape index (κ2) is 10.2. The maximum atomic E-state index is 13.6. The summed E-state index contributed by atoms with van der Waals surface area (Å²) in [7, 11) is 3.13. The lowest BCUT2D eigenvalue weighted by atomic mass is 10.0. The van der Waals surface area contributed by atoms with Crippen LogP contribution in [0.3, 0.4) is 0 Å². The van der Waals surface area contributed by atoms with Gasteiger partial charge in [0.15, 0.2) is 16.7 Å². The van der Waals surface area contributed by atoms with Gasteiger partial charge in [0.2, 0.25) is 5.91 Å². The average molecular weight is 492 g/mol. The minimum Gasteiger partial charge on any atom is -0.493 e. The monoisotopic (exact) mass is 491 g/mol. The van der Waals surface area contributed by atoms with Crippen molar-refractivity contribution in [1.29, 1.82) is 0 Å². The number of hydrogen-bond acceptors (Lipinski definition) is 6. The Morgan fingerprint density at radius 1 is 1.11 bits per heavy atom. The third-order valence-electron chi connectivity index (χ3n) is 6.45. The van der Waals surface area contributed by atoms with Crippen LogP contribution < -0.4 is 15.0 Å². The van der Waals surface area contributed by atoms with Crippen molar-refractivity contribution in [1.82, 2.24) is 14.5 Å². The number of rotatable bonds is 8. The number of aromatic nitrogens is 2. The first-order chi connectivity index (χ1) is 17.1. The third-order valence-corrected chi connectivity index (χ3v) is 7.38. The molecule has 1 amide bonds. The van der Waals surface area contributed by atoms with Gasteiger partial charge in [-0.3, -0.25) is 14.2 Å². The van der Waals surface area contributed by atoms with Crippen LogP contribution in [0.25, 0.3) is 16.6 Å². The van der Waals surface area contributed by atoms with Gasteiger partial charge in [0.25, 0.3) is 5.56 Å². The van der Waals surface area contributed by atoms with Crippen LogP contribution in [0.5, 0.6) is 11.5 Å². The Bertz CT molecular complexity index is 1350. The number of fused-ring (bicyclic) bond motifs is 1. The molecule has 0 N–H and O–H groups in total. The second-order valence-electron chi connectivity index (χ2n) is 8.82. The van der Waals surface area contributed by atoms with Crippen LogP contribution in [0.4, 0.5) is 0 Å². The van der Waals surface area contributed by atoms with Crippen molar-refractivity contribution in [2.75, 3.05) is 20.0 Å². The summed E-state index contributed by atoms with van der Waals surface area (Å²) in [6, 6.07) is 12.9. The summed E-state index contributed by atoms with van der Waals surface area (Å²) in [6.07, 6.45) is 8.63. The molecule has 182 valence electrons. The molecule has 1 fully saturated rings. The molecule has 35 heavy (non-hydrogen) atoms. The zero-order chi connectivity index (χ0) is 24.4. The van der Waals surface area contributed by atoms with Crippen molar-refractivity contribution in [3.05, 3.63) is 64.6 Å². The fourth-order valence-electron chi connectivity index (χ4n) is 4.57. The van der Waals surface area contributed by atoms with E-state index < -0.39 is 0 Å². The van der Waals surface area contributed by atoms with E-state index in [0.29, 0.717) is 39.3 Å². The van der Waals surface area contributed by atoms with Gasteiger partial charge in [-0.15, -0.1) is 0 Å². The summed E-state index contributed by atoms with van der Waals surface area (Å²) >= 11 is 1.30. The Kier molecular flexibility index (Phi) is 6.81. The SMILES string of the molecule is COc1ccc(-n2c(SCC(=O)N(C3=CCCCC3)C3CC3)nc3ccccc3c2=O)cc1OC. The fourth-order valence-corrected chi connectivity index (χ4v) is 5.44. The minimum atomic E-state index is -0.188. The lowest BCUT2D eigenvalue weighted by Gasteiger charge is -2.27. The summed E-state index contributed by atoms with van der Waals surface area (Å²) in [6.45, 7) is 0. The summed E-state index contributed by atoms with van der Waals surface area (Å²) in [5.41, 5.74) is 2.19. The Labute approximate surface area is 208 Å². The fraction of sp³-hybridized carbons (Fsp3) is 0.370. The molecule has 7 nitrogen and oxygen atoms in total. The van der Waals surface area contributed by atoms with Gasteiger partial charge in [0, 0.05) is 17.8 Å². The zero-order valence-corrected chi connectivity index (χ0v) is 20.8. The van der Waals surface area contributed by atoms with Gasteiger partial charge in [-0.05, 0) is 62.8 Å². The lowest BCUT2D eigenvalue weighted by Crippen LogP contribution is -2.34. The number of hydrogen-bond donors (Lipinski definition) is 0. The number of thioether (sulfide) groups is 1. The van der Waals surface area contributed by atoms with Gasteiger partial charge < -0.3 is 14.4 Å². The first-order valence-corrected chi connectivity index (χ1v) is 13.0. The molecule has 2 aliphatic carbocycles. The largest absolute Gasteiger partial charge is 0.493 e. The van der Waals surface area contributed by atoms with Crippen LogP contribution in [-0.4, -0.2) is 46.4 Å². The van der Waals surface area contributed by atoms with Crippen molar-refractivity contribution in [2.24, 2.45) is 0 Å². The molecule has 2 aromatic carbocycles. The molecule has 0 saturated heterocycles. The summed E-state index contributed by atoms with van der Waals surface area (Å²) in [5.74, 6) is 1.38. The van der Waals surface area contributed by atoms with Crippen molar-refractivity contribution >= 4 is 28.6 Å². The number of ether oxygens (including phenoxy) is 2. The molecule has 0 spiro atoms. The Morgan fingerprint density at radius 3 is 2.63 bits per heavy atom. The quantitative estimate of drug-likeness (QED) is 0.328. The molecular weight excluding hydrogens is 462 g/mol. The van der Waals surface area contributed by atoms with Crippen LogP contribution in [0.15, 0.2) is 64.2 Å². The summed E-state index contributed by atoms with van der Waals surface area (Å²) in [5, 5.41) is 0.993. The van der Waals surface area contributed by atoms with Crippen LogP contribution in [0, 0.1) is 0 Å². The topological polar surface area (TPSA) is 73.7 Å². The molecule has 0 atom stereocenters. The van der Waals surface area contributed by atoms with E-state index in [-0.39, 0.29) is 17.2 Å². The van der Waals surface area contributed by atoms with Gasteiger partial charge in [0.1, 0.15) is 0 Å². The molecule has 1 saturated carbocycles. The van der Waals surface area contributed by atoms with Crippen molar-refractivity contribution in [3.8, 4) is 17.2 Å². The van der Waals surface area contributed by atoms with E-state index >= 15 is 0 Å². The van der Waals surface area contributed by atoms with E-state index in [9.17, 15) is 9.59 Å². The molecule has 0 bridgehead atoms. The predicted molar refractivity (Wildman–Crippen MR) is 138 cm³/mol. The maximum absolute atomic E-state index is 13.6. The van der Waals surface area contributed by atoms with Crippen LogP contribution in [0.2, 0.25) is 0 Å². The highest BCUT2D eigenvalue weighted by Gasteiger charge is 2.35. The number of methoxy groups -OCH3 is 2. The van der Waals surface area contributed by atoms with Crippen LogP contribution >= 0.6 is 11.8 Å². The Morgan fingerprint density at radius 2 is 1.91 bits per heavy atom.